The highest BCUT2D eigenvalue weighted by atomic mass is 15.1. The van der Waals surface area contributed by atoms with Crippen LogP contribution in [0, 0.1) is 29.6 Å². The van der Waals surface area contributed by atoms with Crippen molar-refractivity contribution in [3.8, 4) is 0 Å². The largest absolute Gasteiger partial charge is 0.370 e. The Morgan fingerprint density at radius 2 is 1.86 bits per heavy atom. The third kappa shape index (κ3) is 2.63. The molecule has 0 spiro atoms. The van der Waals surface area contributed by atoms with E-state index >= 15 is 0 Å². The number of nitrogens with zero attached hydrogens (tertiary/aromatic N) is 2. The lowest BCUT2D eigenvalue weighted by atomic mass is 9.52. The van der Waals surface area contributed by atoms with Crippen molar-refractivity contribution in [3.05, 3.63) is 24.4 Å². The van der Waals surface area contributed by atoms with Gasteiger partial charge in [-0.1, -0.05) is 6.07 Å². The number of aromatic nitrogens is 1. The van der Waals surface area contributed by atoms with Crippen molar-refractivity contribution in [1.82, 2.24) is 4.98 Å². The van der Waals surface area contributed by atoms with Gasteiger partial charge in [0.15, 0.2) is 5.96 Å². The minimum absolute atomic E-state index is 0.502. The Balaban J connectivity index is 1.39. The maximum Gasteiger partial charge on any atom is 0.194 e. The van der Waals surface area contributed by atoms with Gasteiger partial charge in [0.05, 0.1) is 0 Å². The zero-order chi connectivity index (χ0) is 14.2. The summed E-state index contributed by atoms with van der Waals surface area (Å²) in [5, 5.41) is 3.08. The quantitative estimate of drug-likeness (QED) is 0.662. The van der Waals surface area contributed by atoms with Gasteiger partial charge in [0, 0.05) is 12.7 Å². The van der Waals surface area contributed by atoms with Crippen LogP contribution in [0.4, 0.5) is 5.82 Å². The van der Waals surface area contributed by atoms with Crippen molar-refractivity contribution in [2.45, 2.75) is 32.1 Å². The Bertz CT molecular complexity index is 497. The first-order valence-corrected chi connectivity index (χ1v) is 8.26. The van der Waals surface area contributed by atoms with E-state index in [9.17, 15) is 0 Å². The van der Waals surface area contributed by atoms with Crippen LogP contribution in [-0.4, -0.2) is 17.5 Å². The van der Waals surface area contributed by atoms with Gasteiger partial charge >= 0.3 is 0 Å². The predicted octanol–water partition coefficient (Wildman–Crippen LogP) is 2.88. The van der Waals surface area contributed by atoms with Gasteiger partial charge in [-0.15, -0.1) is 0 Å². The van der Waals surface area contributed by atoms with Gasteiger partial charge in [0.1, 0.15) is 5.82 Å². The zero-order valence-corrected chi connectivity index (χ0v) is 12.4. The van der Waals surface area contributed by atoms with Crippen LogP contribution in [0.5, 0.6) is 0 Å². The fourth-order valence-corrected chi connectivity index (χ4v) is 5.15. The highest BCUT2D eigenvalue weighted by Gasteiger charge is 2.47. The number of guanidine groups is 1. The lowest BCUT2D eigenvalue weighted by Gasteiger charge is -2.54. The first kappa shape index (κ1) is 13.1. The molecule has 112 valence electrons. The maximum atomic E-state index is 6.01. The van der Waals surface area contributed by atoms with Crippen LogP contribution in [0.3, 0.4) is 0 Å². The highest BCUT2D eigenvalue weighted by Crippen LogP contribution is 2.56. The average molecular weight is 284 g/mol. The maximum absolute atomic E-state index is 6.01. The molecule has 4 saturated carbocycles. The summed E-state index contributed by atoms with van der Waals surface area (Å²) in [6, 6.07) is 5.75. The van der Waals surface area contributed by atoms with Crippen LogP contribution in [0.25, 0.3) is 0 Å². The first-order chi connectivity index (χ1) is 10.3. The number of hydrogen-bond donors (Lipinski definition) is 2. The van der Waals surface area contributed by atoms with E-state index in [2.05, 4.69) is 15.3 Å². The van der Waals surface area contributed by atoms with Gasteiger partial charge in [0.25, 0.3) is 0 Å². The van der Waals surface area contributed by atoms with Crippen LogP contribution < -0.4 is 11.1 Å². The van der Waals surface area contributed by atoms with Crippen molar-refractivity contribution >= 4 is 11.8 Å². The molecule has 0 unspecified atom stereocenters. The molecule has 0 saturated heterocycles. The molecule has 0 radical (unpaired) electrons. The number of pyridine rings is 1. The summed E-state index contributed by atoms with van der Waals surface area (Å²) < 4.78 is 0. The molecular weight excluding hydrogens is 260 g/mol. The Morgan fingerprint density at radius 1 is 1.14 bits per heavy atom. The predicted molar refractivity (Wildman–Crippen MR) is 84.9 cm³/mol. The topological polar surface area (TPSA) is 63.3 Å². The summed E-state index contributed by atoms with van der Waals surface area (Å²) in [5.41, 5.74) is 6.01. The minimum atomic E-state index is 0.502. The van der Waals surface area contributed by atoms with E-state index in [1.165, 1.54) is 32.1 Å². The van der Waals surface area contributed by atoms with Crippen LogP contribution >= 0.6 is 0 Å². The Kier molecular flexibility index (Phi) is 3.32. The summed E-state index contributed by atoms with van der Waals surface area (Å²) >= 11 is 0. The van der Waals surface area contributed by atoms with E-state index in [1.54, 1.807) is 6.20 Å². The lowest BCUT2D eigenvalue weighted by Crippen LogP contribution is -2.46. The lowest BCUT2D eigenvalue weighted by molar-refractivity contribution is -0.0319. The summed E-state index contributed by atoms with van der Waals surface area (Å²) in [6.45, 7) is 0.889. The zero-order valence-electron chi connectivity index (χ0n) is 12.4. The van der Waals surface area contributed by atoms with E-state index in [1.807, 2.05) is 18.2 Å². The summed E-state index contributed by atoms with van der Waals surface area (Å²) in [6.07, 6.45) is 9.04. The molecule has 0 atom stereocenters. The van der Waals surface area contributed by atoms with E-state index in [4.69, 9.17) is 5.73 Å². The standard InChI is InChI=1S/C17H24N4/c18-17(21-16-3-1-2-4-19-16)20-10-15-13-6-11-5-12(8-13)9-14(15)7-11/h1-4,11-15H,5-10H2,(H3,18,19,20,21). The Labute approximate surface area is 126 Å². The second-order valence-electron chi connectivity index (χ2n) is 7.16. The molecule has 4 fully saturated rings. The molecule has 4 aliphatic rings. The number of nitrogens with one attached hydrogen (secondary N) is 1. The molecule has 4 heteroatoms. The molecule has 1 aromatic rings. The molecule has 5 rings (SSSR count). The van der Waals surface area contributed by atoms with E-state index in [-0.39, 0.29) is 0 Å². The first-order valence-electron chi connectivity index (χ1n) is 8.26. The number of hydrogen-bond acceptors (Lipinski definition) is 2. The van der Waals surface area contributed by atoms with Gasteiger partial charge in [-0.3, -0.25) is 4.99 Å². The molecule has 21 heavy (non-hydrogen) atoms. The van der Waals surface area contributed by atoms with Crippen LogP contribution in [0.15, 0.2) is 29.4 Å². The smallest absolute Gasteiger partial charge is 0.194 e. The van der Waals surface area contributed by atoms with Gasteiger partial charge in [0.2, 0.25) is 0 Å². The number of nitrogens with two attached hydrogens (primary N) is 1. The summed E-state index contributed by atoms with van der Waals surface area (Å²) in [4.78, 5) is 8.82. The molecule has 4 bridgehead atoms. The van der Waals surface area contributed by atoms with Gasteiger partial charge < -0.3 is 11.1 Å². The molecule has 4 aliphatic carbocycles. The van der Waals surface area contributed by atoms with Crippen molar-refractivity contribution in [3.63, 3.8) is 0 Å². The molecule has 0 amide bonds. The normalized spacial score (nSPS) is 37.7. The Hall–Kier alpha value is -1.58. The number of anilines is 1. The fourth-order valence-electron chi connectivity index (χ4n) is 5.15. The van der Waals surface area contributed by atoms with E-state index < -0.39 is 0 Å². The minimum Gasteiger partial charge on any atom is -0.370 e. The summed E-state index contributed by atoms with van der Waals surface area (Å²) in [7, 11) is 0. The van der Waals surface area contributed by atoms with Gasteiger partial charge in [-0.05, 0) is 73.8 Å². The fraction of sp³-hybridized carbons (Fsp3) is 0.647. The van der Waals surface area contributed by atoms with Crippen molar-refractivity contribution in [2.24, 2.45) is 40.3 Å². The molecule has 1 heterocycles. The SMILES string of the molecule is NC(=NCC1C2CC3CC(C2)CC1C3)Nc1ccccn1. The van der Waals surface area contributed by atoms with E-state index in [0.717, 1.165) is 42.0 Å². The third-order valence-electron chi connectivity index (χ3n) is 5.82. The number of rotatable bonds is 3. The molecule has 4 nitrogen and oxygen atoms in total. The van der Waals surface area contributed by atoms with Gasteiger partial charge in [-0.25, -0.2) is 4.98 Å². The van der Waals surface area contributed by atoms with Crippen molar-refractivity contribution in [1.29, 1.82) is 0 Å². The van der Waals surface area contributed by atoms with Crippen molar-refractivity contribution < 1.29 is 0 Å². The average Bonchev–Trinajstić information content (AvgIpc) is 2.47. The monoisotopic (exact) mass is 284 g/mol. The van der Waals surface area contributed by atoms with Crippen LogP contribution in [-0.2, 0) is 0 Å². The Morgan fingerprint density at radius 3 is 2.48 bits per heavy atom. The second-order valence-corrected chi connectivity index (χ2v) is 7.16. The summed E-state index contributed by atoms with van der Waals surface area (Å²) in [5.74, 6) is 5.90. The molecule has 0 aliphatic heterocycles. The van der Waals surface area contributed by atoms with Gasteiger partial charge in [-0.2, -0.15) is 0 Å². The van der Waals surface area contributed by atoms with Crippen molar-refractivity contribution in [2.75, 3.05) is 11.9 Å². The third-order valence-corrected chi connectivity index (χ3v) is 5.82. The highest BCUT2D eigenvalue weighted by molar-refractivity contribution is 5.91. The van der Waals surface area contributed by atoms with E-state index in [0.29, 0.717) is 5.96 Å². The molecule has 1 aromatic heterocycles. The molecular formula is C17H24N4. The van der Waals surface area contributed by atoms with Crippen LogP contribution in [0.1, 0.15) is 32.1 Å². The van der Waals surface area contributed by atoms with Crippen LogP contribution in [0.2, 0.25) is 0 Å². The second kappa shape index (κ2) is 5.32. The number of aliphatic imine (C=N–C) groups is 1. The molecule has 0 aromatic carbocycles. The molecule has 3 N–H and O–H groups in total.